The van der Waals surface area contributed by atoms with E-state index in [1.807, 2.05) is 84.9 Å². The Kier molecular flexibility index (Phi) is 8.59. The van der Waals surface area contributed by atoms with Crippen molar-refractivity contribution < 1.29 is 8.95 Å². The number of aromatic nitrogens is 1. The van der Waals surface area contributed by atoms with E-state index in [0.29, 0.717) is 32.9 Å². The minimum Gasteiger partial charge on any atom is -0.497 e. The number of benzene rings is 3. The molecule has 0 amide bonds. The second-order valence-electron chi connectivity index (χ2n) is 7.70. The van der Waals surface area contributed by atoms with Gasteiger partial charge in [0.1, 0.15) is 16.8 Å². The average Bonchev–Trinajstić information content (AvgIpc) is 2.90. The molecule has 0 unspecified atom stereocenters. The summed E-state index contributed by atoms with van der Waals surface area (Å²) in [4.78, 5) is 4.83. The molecule has 3 aromatic carbocycles. The summed E-state index contributed by atoms with van der Waals surface area (Å²) in [5.41, 5.74) is 5.01. The zero-order valence-corrected chi connectivity index (χ0v) is 21.5. The Morgan fingerprint density at radius 1 is 1.00 bits per heavy atom. The second kappa shape index (κ2) is 12.0. The number of hydrogen-bond donors (Lipinski definition) is 0. The Balaban J connectivity index is 1.59. The lowest BCUT2D eigenvalue weighted by Gasteiger charge is -2.13. The van der Waals surface area contributed by atoms with Crippen LogP contribution in [0.4, 0.5) is 0 Å². The fraction of sp³-hybridized carbons (Fsp3) is 0.143. The van der Waals surface area contributed by atoms with Crippen molar-refractivity contribution in [2.75, 3.05) is 18.6 Å². The van der Waals surface area contributed by atoms with E-state index in [9.17, 15) is 9.47 Å². The van der Waals surface area contributed by atoms with Crippen LogP contribution in [0.2, 0.25) is 5.02 Å². The van der Waals surface area contributed by atoms with Crippen LogP contribution in [0.25, 0.3) is 22.4 Å². The zero-order chi connectivity index (χ0) is 24.6. The number of nitriles is 1. The van der Waals surface area contributed by atoms with Gasteiger partial charge < -0.3 is 4.74 Å². The van der Waals surface area contributed by atoms with Gasteiger partial charge in [0.25, 0.3) is 0 Å². The maximum atomic E-state index is 12.6. The topological polar surface area (TPSA) is 63.0 Å². The smallest absolute Gasteiger partial charge is 0.118 e. The highest BCUT2D eigenvalue weighted by Gasteiger charge is 2.16. The van der Waals surface area contributed by atoms with E-state index in [4.69, 9.17) is 21.3 Å². The largest absolute Gasteiger partial charge is 0.497 e. The molecule has 0 radical (unpaired) electrons. The highest BCUT2D eigenvalue weighted by Crippen LogP contribution is 2.34. The molecule has 0 bridgehead atoms. The van der Waals surface area contributed by atoms with E-state index in [1.54, 1.807) is 7.11 Å². The number of hydrogen-bond acceptors (Lipinski definition) is 5. The molecule has 0 saturated heterocycles. The van der Waals surface area contributed by atoms with Crippen LogP contribution in [0.1, 0.15) is 11.1 Å². The Labute approximate surface area is 217 Å². The lowest BCUT2D eigenvalue weighted by molar-refractivity contribution is 0.415. The molecule has 4 nitrogen and oxygen atoms in total. The highest BCUT2D eigenvalue weighted by atomic mass is 35.5. The lowest BCUT2D eigenvalue weighted by atomic mass is 9.99. The van der Waals surface area contributed by atoms with Crippen molar-refractivity contribution in [1.29, 1.82) is 5.26 Å². The van der Waals surface area contributed by atoms with E-state index in [0.717, 1.165) is 33.7 Å². The number of nitrogens with zero attached hydrogens (tertiary/aromatic N) is 2. The Morgan fingerprint density at radius 3 is 2.37 bits per heavy atom. The predicted octanol–water partition coefficient (Wildman–Crippen LogP) is 6.99. The molecule has 1 aromatic heterocycles. The van der Waals surface area contributed by atoms with Gasteiger partial charge in [0, 0.05) is 44.2 Å². The van der Waals surface area contributed by atoms with Crippen LogP contribution in [0.3, 0.4) is 0 Å². The molecule has 1 heterocycles. The van der Waals surface area contributed by atoms with Gasteiger partial charge in [-0.15, -0.1) is 11.8 Å². The number of thioether (sulfide) groups is 1. The third-order valence-corrected chi connectivity index (χ3v) is 8.16. The molecule has 0 aliphatic heterocycles. The summed E-state index contributed by atoms with van der Waals surface area (Å²) in [5, 5.41) is 11.3. The first-order chi connectivity index (χ1) is 17.1. The number of halogens is 1. The SMILES string of the molecule is COc1ccc(-c2cc(-c3ccccc3)c(C#N)c(SCC[S@](=O)Cc3ccc(Cl)cc3)n2)cc1. The summed E-state index contributed by atoms with van der Waals surface area (Å²) >= 11 is 7.40. The quantitative estimate of drug-likeness (QED) is 0.223. The van der Waals surface area contributed by atoms with Gasteiger partial charge in [-0.25, -0.2) is 4.98 Å². The van der Waals surface area contributed by atoms with Gasteiger partial charge >= 0.3 is 0 Å². The van der Waals surface area contributed by atoms with Crippen LogP contribution in [0.5, 0.6) is 5.75 Å². The molecule has 0 spiro atoms. The molecule has 0 saturated carbocycles. The van der Waals surface area contributed by atoms with Crippen molar-refractivity contribution in [1.82, 2.24) is 4.98 Å². The van der Waals surface area contributed by atoms with Gasteiger partial charge in [-0.1, -0.05) is 54.1 Å². The van der Waals surface area contributed by atoms with Gasteiger partial charge in [-0.2, -0.15) is 5.26 Å². The van der Waals surface area contributed by atoms with Crippen molar-refractivity contribution in [3.63, 3.8) is 0 Å². The van der Waals surface area contributed by atoms with E-state index in [2.05, 4.69) is 6.07 Å². The summed E-state index contributed by atoms with van der Waals surface area (Å²) in [6.07, 6.45) is 0. The van der Waals surface area contributed by atoms with Crippen molar-refractivity contribution in [2.24, 2.45) is 0 Å². The number of ether oxygens (including phenoxy) is 1. The molecular formula is C28H23ClN2O2S2. The van der Waals surface area contributed by atoms with Gasteiger partial charge in [0.15, 0.2) is 0 Å². The van der Waals surface area contributed by atoms with Crippen molar-refractivity contribution in [3.05, 3.63) is 101 Å². The predicted molar refractivity (Wildman–Crippen MR) is 145 cm³/mol. The molecule has 176 valence electrons. The van der Waals surface area contributed by atoms with E-state index >= 15 is 0 Å². The van der Waals surface area contributed by atoms with Crippen LogP contribution in [-0.2, 0) is 16.6 Å². The van der Waals surface area contributed by atoms with Crippen molar-refractivity contribution in [3.8, 4) is 34.2 Å². The van der Waals surface area contributed by atoms with Crippen LogP contribution in [0, 0.1) is 11.3 Å². The van der Waals surface area contributed by atoms with Gasteiger partial charge in [0.2, 0.25) is 0 Å². The second-order valence-corrected chi connectivity index (χ2v) is 10.8. The third kappa shape index (κ3) is 6.52. The first-order valence-electron chi connectivity index (χ1n) is 10.9. The summed E-state index contributed by atoms with van der Waals surface area (Å²) in [6.45, 7) is 0. The highest BCUT2D eigenvalue weighted by molar-refractivity contribution is 8.00. The molecule has 0 aliphatic rings. The number of methoxy groups -OCH3 is 1. The number of pyridine rings is 1. The Morgan fingerprint density at radius 2 is 1.71 bits per heavy atom. The van der Waals surface area contributed by atoms with Gasteiger partial charge in [-0.05, 0) is 53.6 Å². The van der Waals surface area contributed by atoms with E-state index in [1.165, 1.54) is 11.8 Å². The van der Waals surface area contributed by atoms with Crippen LogP contribution < -0.4 is 4.74 Å². The Bertz CT molecular complexity index is 1350. The normalized spacial score (nSPS) is 11.6. The first-order valence-corrected chi connectivity index (χ1v) is 13.8. The third-order valence-electron chi connectivity index (χ3n) is 5.36. The van der Waals surface area contributed by atoms with Crippen molar-refractivity contribution >= 4 is 34.2 Å². The summed E-state index contributed by atoms with van der Waals surface area (Å²) in [6, 6.07) is 29.3. The van der Waals surface area contributed by atoms with Crippen molar-refractivity contribution in [2.45, 2.75) is 10.8 Å². The number of rotatable bonds is 9. The summed E-state index contributed by atoms with van der Waals surface area (Å²) in [7, 11) is 0.598. The molecule has 1 atom stereocenters. The molecule has 35 heavy (non-hydrogen) atoms. The zero-order valence-electron chi connectivity index (χ0n) is 19.1. The summed E-state index contributed by atoms with van der Waals surface area (Å²) in [5.74, 6) is 2.32. The van der Waals surface area contributed by atoms with Gasteiger partial charge in [0.05, 0.1) is 18.4 Å². The fourth-order valence-corrected chi connectivity index (χ4v) is 6.13. The molecule has 0 fully saturated rings. The molecule has 7 heteroatoms. The van der Waals surface area contributed by atoms with Crippen LogP contribution >= 0.6 is 23.4 Å². The maximum absolute atomic E-state index is 12.6. The lowest BCUT2D eigenvalue weighted by Crippen LogP contribution is -2.04. The minimum atomic E-state index is -1.03. The monoisotopic (exact) mass is 518 g/mol. The van der Waals surface area contributed by atoms with Gasteiger partial charge in [-0.3, -0.25) is 4.21 Å². The fourth-order valence-electron chi connectivity index (χ4n) is 3.56. The first kappa shape index (κ1) is 25.0. The van der Waals surface area contributed by atoms with E-state index in [-0.39, 0.29) is 0 Å². The molecule has 4 rings (SSSR count). The molecule has 4 aromatic rings. The maximum Gasteiger partial charge on any atom is 0.118 e. The summed E-state index contributed by atoms with van der Waals surface area (Å²) < 4.78 is 17.9. The molecule has 0 aliphatic carbocycles. The minimum absolute atomic E-state index is 0.470. The molecular weight excluding hydrogens is 496 g/mol. The van der Waals surface area contributed by atoms with Crippen LogP contribution in [0.15, 0.2) is 90.0 Å². The average molecular weight is 519 g/mol. The molecule has 0 N–H and O–H groups in total. The van der Waals surface area contributed by atoms with Crippen LogP contribution in [-0.4, -0.2) is 27.8 Å². The Hall–Kier alpha value is -3.11. The standard InChI is InChI=1S/C28H23ClN2O2S2/c1-33-24-13-9-22(10-14-24)27-17-25(21-5-3-2-4-6-21)26(18-30)28(31-27)34-15-16-35(32)19-20-7-11-23(29)12-8-20/h2-14,17H,15-16,19H2,1H3/t35-/m0/s1. The van der Waals surface area contributed by atoms with E-state index < -0.39 is 10.8 Å².